The molecule has 0 spiro atoms. The Morgan fingerprint density at radius 2 is 2.00 bits per heavy atom. The van der Waals surface area contributed by atoms with Crippen LogP contribution in [0, 0.1) is 11.8 Å². The Balaban J connectivity index is 1.30. The van der Waals surface area contributed by atoms with E-state index in [1.54, 1.807) is 19.2 Å². The second kappa shape index (κ2) is 9.27. The molecule has 5 rings (SSSR count). The van der Waals surface area contributed by atoms with Gasteiger partial charge in [0.25, 0.3) is 5.91 Å². The zero-order valence-electron chi connectivity index (χ0n) is 19.8. The van der Waals surface area contributed by atoms with Gasteiger partial charge in [-0.25, -0.2) is 9.78 Å². The minimum absolute atomic E-state index is 0.0213. The number of thiazole rings is 1. The van der Waals surface area contributed by atoms with Crippen molar-refractivity contribution in [2.24, 2.45) is 17.0 Å². The van der Waals surface area contributed by atoms with Crippen LogP contribution < -0.4 is 11.1 Å². The number of carbonyl (C=O) groups is 3. The Bertz CT molecular complexity index is 1060. The lowest BCUT2D eigenvalue weighted by molar-refractivity contribution is -0.160. The highest BCUT2D eigenvalue weighted by Gasteiger charge is 2.64. The number of carboxylic acids is 1. The molecule has 1 aromatic rings. The van der Waals surface area contributed by atoms with Crippen molar-refractivity contribution in [2.45, 2.75) is 87.1 Å². The number of hydrogen-bond acceptors (Lipinski definition) is 9. The number of fused-ring (bicyclic) bond motifs is 2. The first-order valence-corrected chi connectivity index (χ1v) is 13.9. The zero-order valence-corrected chi connectivity index (χ0v) is 21.4. The maximum atomic E-state index is 13.3. The van der Waals surface area contributed by atoms with E-state index in [1.165, 1.54) is 53.7 Å². The van der Waals surface area contributed by atoms with Crippen molar-refractivity contribution in [3.8, 4) is 0 Å². The van der Waals surface area contributed by atoms with Crippen molar-refractivity contribution in [2.75, 3.05) is 5.73 Å². The molecule has 190 valence electrons. The highest BCUT2D eigenvalue weighted by molar-refractivity contribution is 8.01. The lowest BCUT2D eigenvalue weighted by Gasteiger charge is -2.43. The lowest BCUT2D eigenvalue weighted by atomic mass is 9.70. The van der Waals surface area contributed by atoms with Gasteiger partial charge in [0.15, 0.2) is 10.8 Å². The van der Waals surface area contributed by atoms with E-state index in [2.05, 4.69) is 15.5 Å². The summed E-state index contributed by atoms with van der Waals surface area (Å²) < 4.78 is -0.674. The highest BCUT2D eigenvalue weighted by atomic mass is 32.2. The third-order valence-electron chi connectivity index (χ3n) is 7.73. The van der Waals surface area contributed by atoms with Crippen LogP contribution in [0.2, 0.25) is 0 Å². The molecule has 2 amide bonds. The zero-order chi connectivity index (χ0) is 24.9. The second-order valence-electron chi connectivity index (χ2n) is 10.4. The maximum Gasteiger partial charge on any atom is 0.327 e. The van der Waals surface area contributed by atoms with Gasteiger partial charge in [-0.2, -0.15) is 0 Å². The Morgan fingerprint density at radius 3 is 2.69 bits per heavy atom. The Morgan fingerprint density at radius 1 is 1.26 bits per heavy atom. The number of amides is 2. The molecule has 1 aromatic heterocycles. The van der Waals surface area contributed by atoms with Crippen molar-refractivity contribution in [1.29, 1.82) is 0 Å². The van der Waals surface area contributed by atoms with Crippen molar-refractivity contribution < 1.29 is 24.3 Å². The van der Waals surface area contributed by atoms with Crippen LogP contribution in [0.3, 0.4) is 0 Å². The molecule has 2 aliphatic heterocycles. The second-order valence-corrected chi connectivity index (χ2v) is 13.1. The summed E-state index contributed by atoms with van der Waals surface area (Å²) in [7, 11) is 0. The predicted molar refractivity (Wildman–Crippen MR) is 133 cm³/mol. The van der Waals surface area contributed by atoms with Gasteiger partial charge in [-0.1, -0.05) is 30.8 Å². The van der Waals surface area contributed by atoms with Gasteiger partial charge in [0.1, 0.15) is 29.3 Å². The van der Waals surface area contributed by atoms with E-state index >= 15 is 0 Å². The van der Waals surface area contributed by atoms with Gasteiger partial charge in [-0.15, -0.1) is 23.1 Å². The van der Waals surface area contributed by atoms with Gasteiger partial charge >= 0.3 is 5.97 Å². The summed E-state index contributed by atoms with van der Waals surface area (Å²) >= 11 is 2.56. The van der Waals surface area contributed by atoms with Crippen LogP contribution in [0.5, 0.6) is 0 Å². The number of nitrogens with two attached hydrogens (primary N) is 1. The molecule has 4 fully saturated rings. The Kier molecular flexibility index (Phi) is 6.45. The van der Waals surface area contributed by atoms with Crippen LogP contribution >= 0.6 is 23.1 Å². The first-order chi connectivity index (χ1) is 16.7. The molecule has 12 heteroatoms. The summed E-state index contributed by atoms with van der Waals surface area (Å²) in [6, 6.07) is -1.78. The maximum absolute atomic E-state index is 13.3. The molecule has 2 saturated carbocycles. The highest BCUT2D eigenvalue weighted by Crippen LogP contribution is 2.50. The largest absolute Gasteiger partial charge is 0.480 e. The molecule has 2 saturated heterocycles. The number of β-lactam (4-membered cyclic amide) rings is 1. The molecule has 35 heavy (non-hydrogen) atoms. The van der Waals surface area contributed by atoms with Crippen molar-refractivity contribution in [3.63, 3.8) is 0 Å². The molecule has 0 bridgehead atoms. The first kappa shape index (κ1) is 24.4. The van der Waals surface area contributed by atoms with E-state index in [0.29, 0.717) is 16.7 Å². The van der Waals surface area contributed by atoms with Gasteiger partial charge in [0.05, 0.1) is 0 Å². The lowest BCUT2D eigenvalue weighted by Crippen LogP contribution is -2.71. The van der Waals surface area contributed by atoms with E-state index in [9.17, 15) is 19.5 Å². The van der Waals surface area contributed by atoms with Gasteiger partial charge in [0.2, 0.25) is 5.91 Å². The number of nitrogens with one attached hydrogen (secondary N) is 1. The number of anilines is 1. The van der Waals surface area contributed by atoms with Crippen LogP contribution in [0.25, 0.3) is 0 Å². The SMILES string of the molecule is CC1(C)S[C@@H]2[C@H](NC(=O)C(=NOC3CCC4CCCCC4C3)c3csc(N)n3)C(=O)N2[C@H]1C(=O)O. The molecule has 10 nitrogen and oxygen atoms in total. The standard InChI is InChI=1S/C23H31N5O5S2/c1-23(2)17(21(31)32)28-19(30)16(20(28)35-23)26-18(29)15(14-10-34-22(24)25-14)27-33-13-8-7-11-5-3-4-6-12(11)9-13/h10-13,16-17,20H,3-9H2,1-2H3,(H2,24,25)(H,26,29)(H,31,32)/t11?,12?,13?,16-,17+,20-/m1/s1. The van der Waals surface area contributed by atoms with Crippen LogP contribution in [0.15, 0.2) is 10.5 Å². The molecule has 2 aliphatic carbocycles. The minimum atomic E-state index is -1.05. The topological polar surface area (TPSA) is 147 Å². The molecule has 0 aromatic carbocycles. The monoisotopic (exact) mass is 521 g/mol. The summed E-state index contributed by atoms with van der Waals surface area (Å²) in [5.41, 5.74) is 6.07. The molecule has 3 heterocycles. The third kappa shape index (κ3) is 4.50. The van der Waals surface area contributed by atoms with E-state index in [-0.39, 0.29) is 11.8 Å². The van der Waals surface area contributed by atoms with E-state index in [4.69, 9.17) is 10.6 Å². The quantitative estimate of drug-likeness (QED) is 0.294. The summed E-state index contributed by atoms with van der Waals surface area (Å²) in [6.45, 7) is 3.58. The Labute approximate surface area is 212 Å². The van der Waals surface area contributed by atoms with Gasteiger partial charge < -0.3 is 25.9 Å². The summed E-state index contributed by atoms with van der Waals surface area (Å²) in [5, 5.41) is 18.1. The fourth-order valence-electron chi connectivity index (χ4n) is 6.01. The van der Waals surface area contributed by atoms with Gasteiger partial charge in [-0.3, -0.25) is 9.59 Å². The summed E-state index contributed by atoms with van der Waals surface area (Å²) in [4.78, 5) is 49.3. The normalized spacial score (nSPS) is 33.9. The van der Waals surface area contributed by atoms with Crippen LogP contribution in [0.1, 0.15) is 64.5 Å². The number of aliphatic carboxylic acids is 1. The summed E-state index contributed by atoms with van der Waals surface area (Å²) in [6.07, 6.45) is 7.96. The number of carboxylic acid groups (broad SMARTS) is 1. The van der Waals surface area contributed by atoms with Crippen molar-refractivity contribution in [3.05, 3.63) is 11.1 Å². The van der Waals surface area contributed by atoms with Crippen molar-refractivity contribution in [1.82, 2.24) is 15.2 Å². The number of oxime groups is 1. The fraction of sp³-hybridized carbons (Fsp3) is 0.696. The molecule has 0 radical (unpaired) electrons. The fourth-order valence-corrected chi connectivity index (χ4v) is 8.18. The number of hydrogen-bond donors (Lipinski definition) is 3. The molecular formula is C23H31N5O5S2. The molecule has 4 aliphatic rings. The number of nitrogen functional groups attached to an aromatic ring is 1. The van der Waals surface area contributed by atoms with Crippen LogP contribution in [0.4, 0.5) is 5.13 Å². The summed E-state index contributed by atoms with van der Waals surface area (Å²) in [5.74, 6) is -0.638. The first-order valence-electron chi connectivity index (χ1n) is 12.1. The molecule has 3 unspecified atom stereocenters. The van der Waals surface area contributed by atoms with E-state index < -0.39 is 40.0 Å². The molecule has 4 N–H and O–H groups in total. The molecule has 6 atom stereocenters. The van der Waals surface area contributed by atoms with E-state index in [1.807, 2.05) is 0 Å². The average molecular weight is 522 g/mol. The van der Waals surface area contributed by atoms with E-state index in [0.717, 1.165) is 25.2 Å². The smallest absolute Gasteiger partial charge is 0.327 e. The number of nitrogens with zero attached hydrogens (tertiary/aromatic N) is 3. The number of thioether (sulfide) groups is 1. The van der Waals surface area contributed by atoms with Gasteiger partial charge in [0, 0.05) is 10.1 Å². The number of aromatic nitrogens is 1. The number of rotatable bonds is 6. The van der Waals surface area contributed by atoms with Gasteiger partial charge in [-0.05, 0) is 44.9 Å². The minimum Gasteiger partial charge on any atom is -0.480 e. The Hall–Kier alpha value is -2.34. The predicted octanol–water partition coefficient (Wildman–Crippen LogP) is 2.44. The third-order valence-corrected chi connectivity index (χ3v) is 9.97. The van der Waals surface area contributed by atoms with Crippen LogP contribution in [-0.4, -0.2) is 66.8 Å². The van der Waals surface area contributed by atoms with Crippen LogP contribution in [-0.2, 0) is 19.2 Å². The van der Waals surface area contributed by atoms with Crippen molar-refractivity contribution >= 4 is 51.7 Å². The molecular weight excluding hydrogens is 490 g/mol. The average Bonchev–Trinajstić information content (AvgIpc) is 3.35. The number of carbonyl (C=O) groups excluding carboxylic acids is 2.